The highest BCUT2D eigenvalue weighted by atomic mass is 16.5. The second-order valence-corrected chi connectivity index (χ2v) is 8.80. The third kappa shape index (κ3) is 6.86. The highest BCUT2D eigenvalue weighted by Crippen LogP contribution is 2.27. The van der Waals surface area contributed by atoms with Crippen LogP contribution in [0.5, 0.6) is 5.75 Å². The second kappa shape index (κ2) is 12.7. The topological polar surface area (TPSA) is 69.2 Å². The summed E-state index contributed by atoms with van der Waals surface area (Å²) in [6.45, 7) is 10.3. The molecule has 2 N–H and O–H groups in total. The second-order valence-electron chi connectivity index (χ2n) is 8.80. The van der Waals surface area contributed by atoms with Crippen LogP contribution in [0.3, 0.4) is 0 Å². The molecular formula is C25H41N5O2. The molecule has 0 aromatic heterocycles. The highest BCUT2D eigenvalue weighted by Gasteiger charge is 2.32. The summed E-state index contributed by atoms with van der Waals surface area (Å²) in [5, 5.41) is 6.92. The van der Waals surface area contributed by atoms with Crippen molar-refractivity contribution in [3.8, 4) is 5.75 Å². The summed E-state index contributed by atoms with van der Waals surface area (Å²) in [6, 6.07) is 8.40. The number of nitrogens with one attached hydrogen (secondary N) is 2. The lowest BCUT2D eigenvalue weighted by molar-refractivity contribution is -0.134. The molecule has 1 aliphatic carbocycles. The Morgan fingerprint density at radius 3 is 2.66 bits per heavy atom. The van der Waals surface area contributed by atoms with E-state index in [2.05, 4.69) is 40.4 Å². The maximum atomic E-state index is 12.7. The maximum absolute atomic E-state index is 12.7. The number of aliphatic imine (C=N–C) groups is 1. The Labute approximate surface area is 193 Å². The number of carbonyl (C=O) groups is 1. The van der Waals surface area contributed by atoms with Crippen molar-refractivity contribution in [2.45, 2.75) is 58.5 Å². The zero-order valence-electron chi connectivity index (χ0n) is 20.1. The van der Waals surface area contributed by atoms with Gasteiger partial charge in [0, 0.05) is 50.7 Å². The monoisotopic (exact) mass is 443 g/mol. The van der Waals surface area contributed by atoms with Crippen LogP contribution in [-0.2, 0) is 11.3 Å². The molecule has 32 heavy (non-hydrogen) atoms. The first-order valence-corrected chi connectivity index (χ1v) is 12.3. The van der Waals surface area contributed by atoms with Crippen molar-refractivity contribution in [3.05, 3.63) is 29.8 Å². The van der Waals surface area contributed by atoms with Gasteiger partial charge in [-0.15, -0.1) is 0 Å². The Bertz CT molecular complexity index is 744. The molecule has 7 heteroatoms. The van der Waals surface area contributed by atoms with Gasteiger partial charge in [0.2, 0.25) is 5.91 Å². The van der Waals surface area contributed by atoms with Gasteiger partial charge in [-0.25, -0.2) is 0 Å². The zero-order valence-corrected chi connectivity index (χ0v) is 20.1. The van der Waals surface area contributed by atoms with Crippen molar-refractivity contribution in [2.24, 2.45) is 10.9 Å². The van der Waals surface area contributed by atoms with Crippen molar-refractivity contribution in [3.63, 3.8) is 0 Å². The molecule has 2 fully saturated rings. The molecule has 1 aromatic rings. The molecule has 1 saturated carbocycles. The number of carbonyl (C=O) groups excluding carboxylic acids is 1. The van der Waals surface area contributed by atoms with Gasteiger partial charge in [0.25, 0.3) is 0 Å². The predicted molar refractivity (Wildman–Crippen MR) is 130 cm³/mol. The largest absolute Gasteiger partial charge is 0.492 e. The number of ether oxygens (including phenoxy) is 1. The summed E-state index contributed by atoms with van der Waals surface area (Å²) < 4.78 is 6.07. The van der Waals surface area contributed by atoms with Crippen molar-refractivity contribution >= 4 is 11.9 Å². The maximum Gasteiger partial charge on any atom is 0.225 e. The van der Waals surface area contributed by atoms with Crippen molar-refractivity contribution in [1.29, 1.82) is 0 Å². The summed E-state index contributed by atoms with van der Waals surface area (Å²) in [4.78, 5) is 21.5. The number of hydrogen-bond donors (Lipinski definition) is 2. The van der Waals surface area contributed by atoms with E-state index in [1.54, 1.807) is 7.05 Å². The van der Waals surface area contributed by atoms with E-state index in [1.807, 2.05) is 23.1 Å². The van der Waals surface area contributed by atoms with Crippen LogP contribution >= 0.6 is 0 Å². The van der Waals surface area contributed by atoms with Crippen LogP contribution in [0.2, 0.25) is 0 Å². The first-order valence-electron chi connectivity index (χ1n) is 12.3. The van der Waals surface area contributed by atoms with Crippen LogP contribution in [0.25, 0.3) is 0 Å². The molecule has 1 aliphatic heterocycles. The van der Waals surface area contributed by atoms with Gasteiger partial charge in [-0.1, -0.05) is 44.9 Å². The van der Waals surface area contributed by atoms with Crippen LogP contribution in [-0.4, -0.2) is 74.1 Å². The predicted octanol–water partition coefficient (Wildman–Crippen LogP) is 2.86. The number of likely N-dealkylation sites (N-methyl/N-ethyl adjacent to an activating group) is 1. The number of para-hydroxylation sites is 1. The number of rotatable bonds is 10. The minimum atomic E-state index is 0.243. The van der Waals surface area contributed by atoms with Crippen LogP contribution in [0.15, 0.2) is 29.3 Å². The summed E-state index contributed by atoms with van der Waals surface area (Å²) in [5.41, 5.74) is 1.11. The van der Waals surface area contributed by atoms with Crippen molar-refractivity contribution in [2.75, 3.05) is 46.4 Å². The van der Waals surface area contributed by atoms with E-state index in [0.717, 1.165) is 69.3 Å². The lowest BCUT2D eigenvalue weighted by Gasteiger charge is -2.22. The number of amides is 1. The summed E-state index contributed by atoms with van der Waals surface area (Å²) >= 11 is 0. The van der Waals surface area contributed by atoms with E-state index >= 15 is 0 Å². The fourth-order valence-electron chi connectivity index (χ4n) is 4.69. The lowest BCUT2D eigenvalue weighted by Crippen LogP contribution is -2.45. The Balaban J connectivity index is 1.46. The first-order chi connectivity index (χ1) is 15.6. The zero-order chi connectivity index (χ0) is 22.8. The molecule has 2 aliphatic rings. The van der Waals surface area contributed by atoms with Crippen LogP contribution in [0.4, 0.5) is 0 Å². The molecule has 0 bridgehead atoms. The third-order valence-electron chi connectivity index (χ3n) is 6.75. The quantitative estimate of drug-likeness (QED) is 0.430. The van der Waals surface area contributed by atoms with E-state index in [1.165, 1.54) is 12.8 Å². The van der Waals surface area contributed by atoms with Gasteiger partial charge >= 0.3 is 0 Å². The van der Waals surface area contributed by atoms with Gasteiger partial charge < -0.3 is 25.2 Å². The highest BCUT2D eigenvalue weighted by molar-refractivity contribution is 5.81. The third-order valence-corrected chi connectivity index (χ3v) is 6.75. The van der Waals surface area contributed by atoms with Crippen LogP contribution < -0.4 is 15.4 Å². The van der Waals surface area contributed by atoms with E-state index in [9.17, 15) is 4.79 Å². The van der Waals surface area contributed by atoms with E-state index < -0.39 is 0 Å². The number of nitrogens with zero attached hydrogens (tertiary/aromatic N) is 3. The summed E-state index contributed by atoms with van der Waals surface area (Å²) in [5.74, 6) is 2.29. The molecule has 1 unspecified atom stereocenters. The van der Waals surface area contributed by atoms with Gasteiger partial charge in [-0.2, -0.15) is 0 Å². The summed E-state index contributed by atoms with van der Waals surface area (Å²) in [6.07, 6.45) is 5.48. The lowest BCUT2D eigenvalue weighted by atomic mass is 10.1. The number of hydrogen-bond acceptors (Lipinski definition) is 4. The Morgan fingerprint density at radius 1 is 1.19 bits per heavy atom. The molecule has 0 spiro atoms. The minimum Gasteiger partial charge on any atom is -0.492 e. The average Bonchev–Trinajstić information content (AvgIpc) is 3.52. The van der Waals surface area contributed by atoms with Crippen molar-refractivity contribution < 1.29 is 9.53 Å². The Hall–Kier alpha value is -2.28. The number of guanidine groups is 1. The smallest absolute Gasteiger partial charge is 0.225 e. The van der Waals surface area contributed by atoms with Crippen LogP contribution in [0.1, 0.15) is 51.5 Å². The molecule has 1 amide bonds. The Kier molecular flexibility index (Phi) is 9.65. The molecule has 1 aromatic carbocycles. The van der Waals surface area contributed by atoms with E-state index in [-0.39, 0.29) is 12.0 Å². The van der Waals surface area contributed by atoms with Crippen molar-refractivity contribution in [1.82, 2.24) is 20.4 Å². The first kappa shape index (κ1) is 24.4. The van der Waals surface area contributed by atoms with Gasteiger partial charge in [-0.05, 0) is 38.4 Å². The normalized spacial score (nSPS) is 19.6. The standard InChI is InChI=1S/C25H41N5O2/c1-4-29(5-2)16-17-32-23-13-9-8-12-21(23)18-27-25(26-3)28-22-14-15-30(19-22)24(31)20-10-6-7-11-20/h8-9,12-13,20,22H,4-7,10-11,14-19H2,1-3H3,(H2,26,27,28). The number of benzene rings is 1. The molecular weight excluding hydrogens is 402 g/mol. The van der Waals surface area contributed by atoms with Gasteiger partial charge in [0.05, 0.1) is 0 Å². The summed E-state index contributed by atoms with van der Waals surface area (Å²) in [7, 11) is 1.79. The molecule has 0 radical (unpaired) electrons. The van der Waals surface area contributed by atoms with Gasteiger partial charge in [-0.3, -0.25) is 9.79 Å². The average molecular weight is 444 g/mol. The molecule has 7 nitrogen and oxygen atoms in total. The SMILES string of the molecule is CCN(CC)CCOc1ccccc1CNC(=NC)NC1CCN(C(=O)C2CCCC2)C1. The fourth-order valence-corrected chi connectivity index (χ4v) is 4.69. The van der Waals surface area contributed by atoms with E-state index in [0.29, 0.717) is 19.1 Å². The number of likely N-dealkylation sites (tertiary alicyclic amines) is 1. The van der Waals surface area contributed by atoms with Crippen LogP contribution in [0, 0.1) is 5.92 Å². The molecule has 3 rings (SSSR count). The molecule has 1 heterocycles. The van der Waals surface area contributed by atoms with E-state index in [4.69, 9.17) is 4.74 Å². The fraction of sp³-hybridized carbons (Fsp3) is 0.680. The molecule has 178 valence electrons. The van der Waals surface area contributed by atoms with Gasteiger partial charge in [0.1, 0.15) is 12.4 Å². The minimum absolute atomic E-state index is 0.243. The molecule has 1 atom stereocenters. The molecule has 1 saturated heterocycles. The van der Waals surface area contributed by atoms with Gasteiger partial charge in [0.15, 0.2) is 5.96 Å². The Morgan fingerprint density at radius 2 is 1.94 bits per heavy atom.